The van der Waals surface area contributed by atoms with E-state index in [1.54, 1.807) is 14.2 Å². The number of nitrogens with two attached hydrogens (primary N) is 1. The minimum absolute atomic E-state index is 0.215. The summed E-state index contributed by atoms with van der Waals surface area (Å²) in [5, 5.41) is 0. The van der Waals surface area contributed by atoms with Crippen LogP contribution in [0.3, 0.4) is 0 Å². The quantitative estimate of drug-likeness (QED) is 0.896. The lowest BCUT2D eigenvalue weighted by atomic mass is 9.74. The van der Waals surface area contributed by atoms with Crippen LogP contribution in [0.15, 0.2) is 16.6 Å². The zero-order valence-corrected chi connectivity index (χ0v) is 14.1. The monoisotopic (exact) mass is 341 g/mol. The van der Waals surface area contributed by atoms with Crippen LogP contribution in [0.2, 0.25) is 0 Å². The molecular weight excluding hydrogens is 318 g/mol. The van der Waals surface area contributed by atoms with Crippen LogP contribution in [-0.4, -0.2) is 20.3 Å². The van der Waals surface area contributed by atoms with E-state index in [4.69, 9.17) is 15.2 Å². The fourth-order valence-corrected chi connectivity index (χ4v) is 3.90. The summed E-state index contributed by atoms with van der Waals surface area (Å²) in [6, 6.07) is 4.31. The Balaban J connectivity index is 2.38. The van der Waals surface area contributed by atoms with Gasteiger partial charge < -0.3 is 15.2 Å². The number of hydrogen-bond donors (Lipinski definition) is 1. The van der Waals surface area contributed by atoms with Gasteiger partial charge in [-0.05, 0) is 47.2 Å². The van der Waals surface area contributed by atoms with E-state index in [1.165, 1.54) is 18.4 Å². The molecule has 3 nitrogen and oxygen atoms in total. The van der Waals surface area contributed by atoms with E-state index in [9.17, 15) is 0 Å². The first-order valence-corrected chi connectivity index (χ1v) is 8.07. The highest BCUT2D eigenvalue weighted by Gasteiger charge is 2.31. The molecule has 20 heavy (non-hydrogen) atoms. The molecule has 1 saturated carbocycles. The standard InChI is InChI=1S/C16H24BrNO2/c1-4-10-5-7-13(18)12(9-10)11-6-8-14(19-2)15(17)16(11)20-3/h6,8,10,12-13H,4-5,7,9,18H2,1-3H3. The van der Waals surface area contributed by atoms with E-state index < -0.39 is 0 Å². The van der Waals surface area contributed by atoms with Gasteiger partial charge in [0.15, 0.2) is 0 Å². The highest BCUT2D eigenvalue weighted by atomic mass is 79.9. The van der Waals surface area contributed by atoms with Crippen LogP contribution in [0, 0.1) is 5.92 Å². The lowest BCUT2D eigenvalue weighted by Crippen LogP contribution is -2.34. The van der Waals surface area contributed by atoms with Crippen LogP contribution in [0.1, 0.15) is 44.1 Å². The Labute approximate surface area is 130 Å². The largest absolute Gasteiger partial charge is 0.495 e. The lowest BCUT2D eigenvalue weighted by Gasteiger charge is -2.35. The zero-order valence-electron chi connectivity index (χ0n) is 12.5. The second-order valence-corrected chi connectivity index (χ2v) is 6.35. The Morgan fingerprint density at radius 2 is 2.00 bits per heavy atom. The van der Waals surface area contributed by atoms with Gasteiger partial charge in [0.25, 0.3) is 0 Å². The van der Waals surface area contributed by atoms with Gasteiger partial charge in [-0.2, -0.15) is 0 Å². The second kappa shape index (κ2) is 6.81. The van der Waals surface area contributed by atoms with Gasteiger partial charge in [-0.1, -0.05) is 19.4 Å². The predicted octanol–water partition coefficient (Wildman–Crippen LogP) is 4.09. The molecule has 112 valence electrons. The van der Waals surface area contributed by atoms with Gasteiger partial charge in [0.05, 0.1) is 14.2 Å². The predicted molar refractivity (Wildman–Crippen MR) is 85.6 cm³/mol. The van der Waals surface area contributed by atoms with Gasteiger partial charge in [0, 0.05) is 17.5 Å². The first-order valence-electron chi connectivity index (χ1n) is 7.28. The van der Waals surface area contributed by atoms with Crippen molar-refractivity contribution in [2.75, 3.05) is 14.2 Å². The molecule has 2 rings (SSSR count). The molecule has 3 unspecified atom stereocenters. The molecule has 0 spiro atoms. The molecule has 3 atom stereocenters. The third-order valence-electron chi connectivity index (χ3n) is 4.51. The highest BCUT2D eigenvalue weighted by Crippen LogP contribution is 2.45. The van der Waals surface area contributed by atoms with E-state index in [0.29, 0.717) is 5.92 Å². The molecule has 0 radical (unpaired) electrons. The molecule has 0 bridgehead atoms. The molecule has 0 amide bonds. The molecule has 1 aromatic carbocycles. The summed E-state index contributed by atoms with van der Waals surface area (Å²) < 4.78 is 11.8. The minimum atomic E-state index is 0.215. The number of benzene rings is 1. The molecule has 0 aromatic heterocycles. The molecule has 0 heterocycles. The lowest BCUT2D eigenvalue weighted by molar-refractivity contribution is 0.276. The summed E-state index contributed by atoms with van der Waals surface area (Å²) in [6.07, 6.45) is 4.71. The van der Waals surface area contributed by atoms with Gasteiger partial charge >= 0.3 is 0 Å². The van der Waals surface area contributed by atoms with Crippen LogP contribution in [-0.2, 0) is 0 Å². The average molecular weight is 342 g/mol. The molecule has 0 saturated heterocycles. The average Bonchev–Trinajstić information content (AvgIpc) is 2.47. The third-order valence-corrected chi connectivity index (χ3v) is 5.26. The maximum atomic E-state index is 6.37. The fraction of sp³-hybridized carbons (Fsp3) is 0.625. The Kier molecular flexibility index (Phi) is 5.33. The van der Waals surface area contributed by atoms with Gasteiger partial charge in [-0.3, -0.25) is 0 Å². The number of hydrogen-bond acceptors (Lipinski definition) is 3. The maximum Gasteiger partial charge on any atom is 0.140 e. The Hall–Kier alpha value is -0.740. The number of rotatable bonds is 4. The van der Waals surface area contributed by atoms with Crippen LogP contribution in [0.5, 0.6) is 11.5 Å². The molecule has 1 aromatic rings. The van der Waals surface area contributed by atoms with E-state index in [-0.39, 0.29) is 6.04 Å². The summed E-state index contributed by atoms with van der Waals surface area (Å²) >= 11 is 3.58. The number of ether oxygens (including phenoxy) is 2. The zero-order chi connectivity index (χ0) is 14.7. The smallest absolute Gasteiger partial charge is 0.140 e. The van der Waals surface area contributed by atoms with Crippen LogP contribution in [0.25, 0.3) is 0 Å². The van der Waals surface area contributed by atoms with Crippen molar-refractivity contribution in [3.05, 3.63) is 22.2 Å². The highest BCUT2D eigenvalue weighted by molar-refractivity contribution is 9.10. The summed E-state index contributed by atoms with van der Waals surface area (Å²) in [5.74, 6) is 2.79. The second-order valence-electron chi connectivity index (χ2n) is 5.56. The van der Waals surface area contributed by atoms with Crippen LogP contribution >= 0.6 is 15.9 Å². The third kappa shape index (κ3) is 2.96. The van der Waals surface area contributed by atoms with Crippen LogP contribution in [0.4, 0.5) is 0 Å². The Bertz CT molecular complexity index is 464. The molecule has 1 aliphatic carbocycles. The van der Waals surface area contributed by atoms with Gasteiger partial charge in [-0.15, -0.1) is 0 Å². The van der Waals surface area contributed by atoms with Crippen molar-refractivity contribution >= 4 is 15.9 Å². The minimum Gasteiger partial charge on any atom is -0.495 e. The molecule has 2 N–H and O–H groups in total. The van der Waals surface area contributed by atoms with Crippen molar-refractivity contribution < 1.29 is 9.47 Å². The molecular formula is C16H24BrNO2. The SMILES string of the molecule is CCC1CCC(N)C(c2ccc(OC)c(Br)c2OC)C1. The van der Waals surface area contributed by atoms with Crippen molar-refractivity contribution in [1.82, 2.24) is 0 Å². The van der Waals surface area contributed by atoms with Crippen molar-refractivity contribution in [3.8, 4) is 11.5 Å². The van der Waals surface area contributed by atoms with E-state index in [1.807, 2.05) is 6.07 Å². The molecule has 0 aliphatic heterocycles. The Morgan fingerprint density at radius 1 is 1.25 bits per heavy atom. The number of methoxy groups -OCH3 is 2. The summed E-state index contributed by atoms with van der Waals surface area (Å²) in [6.45, 7) is 2.26. The molecule has 1 fully saturated rings. The summed E-state index contributed by atoms with van der Waals surface area (Å²) in [4.78, 5) is 0. The number of halogens is 1. The summed E-state index contributed by atoms with van der Waals surface area (Å²) in [7, 11) is 3.37. The van der Waals surface area contributed by atoms with E-state index >= 15 is 0 Å². The van der Waals surface area contributed by atoms with Crippen molar-refractivity contribution in [1.29, 1.82) is 0 Å². The normalized spacial score (nSPS) is 26.4. The van der Waals surface area contributed by atoms with Crippen LogP contribution < -0.4 is 15.2 Å². The first-order chi connectivity index (χ1) is 9.62. The fourth-order valence-electron chi connectivity index (χ4n) is 3.22. The van der Waals surface area contributed by atoms with Gasteiger partial charge in [0.2, 0.25) is 0 Å². The van der Waals surface area contributed by atoms with Gasteiger partial charge in [-0.25, -0.2) is 0 Å². The van der Waals surface area contributed by atoms with Crippen molar-refractivity contribution in [2.24, 2.45) is 11.7 Å². The van der Waals surface area contributed by atoms with Crippen molar-refractivity contribution in [2.45, 2.75) is 44.6 Å². The van der Waals surface area contributed by atoms with Gasteiger partial charge in [0.1, 0.15) is 16.0 Å². The maximum absolute atomic E-state index is 6.37. The van der Waals surface area contributed by atoms with E-state index in [2.05, 4.69) is 28.9 Å². The summed E-state index contributed by atoms with van der Waals surface area (Å²) in [5.41, 5.74) is 7.57. The van der Waals surface area contributed by atoms with Crippen molar-refractivity contribution in [3.63, 3.8) is 0 Å². The first kappa shape index (κ1) is 15.6. The molecule has 1 aliphatic rings. The topological polar surface area (TPSA) is 44.5 Å². The Morgan fingerprint density at radius 3 is 2.60 bits per heavy atom. The molecule has 4 heteroatoms. The van der Waals surface area contributed by atoms with E-state index in [0.717, 1.165) is 34.7 Å².